The summed E-state index contributed by atoms with van der Waals surface area (Å²) in [6.45, 7) is -0.196. The number of aromatic amines is 1. The molecule has 110 valence electrons. The second kappa shape index (κ2) is 5.74. The molecule has 0 saturated carbocycles. The van der Waals surface area contributed by atoms with Crippen molar-refractivity contribution < 1.29 is 5.11 Å². The van der Waals surface area contributed by atoms with E-state index in [9.17, 15) is 9.90 Å². The van der Waals surface area contributed by atoms with E-state index in [1.807, 2.05) is 12.1 Å². The number of rotatable bonds is 3. The largest absolute Gasteiger partial charge is 0.392 e. The van der Waals surface area contributed by atoms with E-state index in [4.69, 9.17) is 5.84 Å². The van der Waals surface area contributed by atoms with E-state index in [0.717, 1.165) is 0 Å². The Kier molecular flexibility index (Phi) is 3.63. The second-order valence-electron chi connectivity index (χ2n) is 4.66. The predicted octanol–water partition coefficient (Wildman–Crippen LogP) is 2.04. The van der Waals surface area contributed by atoms with Crippen molar-refractivity contribution in [2.75, 3.05) is 0 Å². The van der Waals surface area contributed by atoms with Gasteiger partial charge in [0.25, 0.3) is 5.56 Å². The smallest absolute Gasteiger partial charge is 0.272 e. The zero-order valence-electron chi connectivity index (χ0n) is 11.5. The number of benzene rings is 2. The average molecular weight is 295 g/mol. The van der Waals surface area contributed by atoms with E-state index in [1.165, 1.54) is 0 Å². The summed E-state index contributed by atoms with van der Waals surface area (Å²) in [7, 11) is 0. The molecule has 4 N–H and O–H groups in total. The van der Waals surface area contributed by atoms with Gasteiger partial charge in [0, 0.05) is 10.9 Å². The molecule has 7 nitrogen and oxygen atoms in total. The standard InChI is InChI=1S/C15H13N5O2/c16-20-17-10-5-6-11(9(7-10)8-21)14-12-3-1-2-4-13(12)15(22)19-18-14/h1-7,21H,8H2,(H2,16,17)(H,19,22). The first-order valence-electron chi connectivity index (χ1n) is 6.57. The molecule has 0 bridgehead atoms. The Hall–Kier alpha value is -3.06. The summed E-state index contributed by atoms with van der Waals surface area (Å²) in [6.07, 6.45) is 0. The van der Waals surface area contributed by atoms with Gasteiger partial charge in [0.15, 0.2) is 0 Å². The normalized spacial score (nSPS) is 11.3. The molecule has 1 aromatic heterocycles. The van der Waals surface area contributed by atoms with Crippen LogP contribution in [0.4, 0.5) is 5.69 Å². The van der Waals surface area contributed by atoms with Crippen LogP contribution in [0.1, 0.15) is 5.56 Å². The van der Waals surface area contributed by atoms with E-state index in [1.54, 1.807) is 30.3 Å². The van der Waals surface area contributed by atoms with E-state index in [0.29, 0.717) is 33.3 Å². The summed E-state index contributed by atoms with van der Waals surface area (Å²) in [4.78, 5) is 11.8. The van der Waals surface area contributed by atoms with Crippen molar-refractivity contribution in [2.45, 2.75) is 6.61 Å². The van der Waals surface area contributed by atoms with Gasteiger partial charge in [-0.15, -0.1) is 5.11 Å². The maximum absolute atomic E-state index is 11.8. The molecule has 3 rings (SSSR count). The van der Waals surface area contributed by atoms with Crippen molar-refractivity contribution in [2.24, 2.45) is 16.2 Å². The quantitative estimate of drug-likeness (QED) is 0.389. The van der Waals surface area contributed by atoms with Crippen molar-refractivity contribution in [1.82, 2.24) is 10.2 Å². The Morgan fingerprint density at radius 1 is 1.18 bits per heavy atom. The van der Waals surface area contributed by atoms with Crippen molar-refractivity contribution in [3.63, 3.8) is 0 Å². The highest BCUT2D eigenvalue weighted by molar-refractivity contribution is 5.94. The molecule has 0 saturated heterocycles. The van der Waals surface area contributed by atoms with Gasteiger partial charge in [0.05, 0.1) is 23.4 Å². The van der Waals surface area contributed by atoms with Gasteiger partial charge < -0.3 is 10.9 Å². The van der Waals surface area contributed by atoms with Gasteiger partial charge in [-0.1, -0.05) is 29.5 Å². The number of hydrogen-bond acceptors (Lipinski definition) is 5. The Morgan fingerprint density at radius 3 is 2.68 bits per heavy atom. The zero-order chi connectivity index (χ0) is 15.5. The third-order valence-electron chi connectivity index (χ3n) is 3.38. The SMILES string of the molecule is NN=Nc1ccc(-c2n[nH]c(=O)c3ccccc23)c(CO)c1. The summed E-state index contributed by atoms with van der Waals surface area (Å²) >= 11 is 0. The maximum Gasteiger partial charge on any atom is 0.272 e. The lowest BCUT2D eigenvalue weighted by molar-refractivity contribution is 0.282. The van der Waals surface area contributed by atoms with Crippen LogP contribution in [0.15, 0.2) is 57.6 Å². The fourth-order valence-electron chi connectivity index (χ4n) is 2.39. The van der Waals surface area contributed by atoms with E-state index < -0.39 is 0 Å². The summed E-state index contributed by atoms with van der Waals surface area (Å²) < 4.78 is 0. The first-order chi connectivity index (χ1) is 10.7. The summed E-state index contributed by atoms with van der Waals surface area (Å²) in [6, 6.07) is 12.3. The van der Waals surface area contributed by atoms with Crippen LogP contribution in [0, 0.1) is 0 Å². The molecule has 2 aromatic carbocycles. The minimum atomic E-state index is -0.251. The third-order valence-corrected chi connectivity index (χ3v) is 3.38. The van der Waals surface area contributed by atoms with Crippen molar-refractivity contribution in [3.05, 3.63) is 58.4 Å². The van der Waals surface area contributed by atoms with Gasteiger partial charge in [-0.05, 0) is 23.8 Å². The molecule has 1 heterocycles. The highest BCUT2D eigenvalue weighted by Gasteiger charge is 2.12. The fraction of sp³-hybridized carbons (Fsp3) is 0.0667. The van der Waals surface area contributed by atoms with Gasteiger partial charge in [-0.3, -0.25) is 4.79 Å². The summed E-state index contributed by atoms with van der Waals surface area (Å²) in [5, 5.41) is 24.4. The molecule has 7 heteroatoms. The zero-order valence-corrected chi connectivity index (χ0v) is 11.5. The first kappa shape index (κ1) is 13.9. The second-order valence-corrected chi connectivity index (χ2v) is 4.66. The highest BCUT2D eigenvalue weighted by atomic mass is 16.3. The van der Waals surface area contributed by atoms with E-state index in [-0.39, 0.29) is 12.2 Å². The minimum absolute atomic E-state index is 0.196. The average Bonchev–Trinajstić information content (AvgIpc) is 2.56. The number of nitrogens with two attached hydrogens (primary N) is 1. The molecule has 22 heavy (non-hydrogen) atoms. The lowest BCUT2D eigenvalue weighted by Gasteiger charge is -2.09. The number of aromatic nitrogens is 2. The molecule has 0 amide bonds. The molecular formula is C15H13N5O2. The van der Waals surface area contributed by atoms with Crippen LogP contribution in [0.2, 0.25) is 0 Å². The molecule has 0 aliphatic carbocycles. The summed E-state index contributed by atoms with van der Waals surface area (Å²) in [5.74, 6) is 5.04. The van der Waals surface area contributed by atoms with Crippen molar-refractivity contribution >= 4 is 16.5 Å². The molecule has 0 unspecified atom stereocenters. The van der Waals surface area contributed by atoms with Gasteiger partial charge in [-0.2, -0.15) is 5.10 Å². The number of hydrogen-bond donors (Lipinski definition) is 3. The monoisotopic (exact) mass is 295 g/mol. The van der Waals surface area contributed by atoms with E-state index in [2.05, 4.69) is 20.5 Å². The molecule has 0 aliphatic rings. The molecule has 0 atom stereocenters. The predicted molar refractivity (Wildman–Crippen MR) is 82.4 cm³/mol. The number of aliphatic hydroxyl groups is 1. The van der Waals surface area contributed by atoms with Crippen LogP contribution in [-0.4, -0.2) is 15.3 Å². The molecule has 3 aromatic rings. The number of fused-ring (bicyclic) bond motifs is 1. The Labute approximate surface area is 125 Å². The minimum Gasteiger partial charge on any atom is -0.392 e. The maximum atomic E-state index is 11.8. The van der Waals surface area contributed by atoms with Crippen LogP contribution in [0.3, 0.4) is 0 Å². The van der Waals surface area contributed by atoms with Crippen LogP contribution < -0.4 is 11.4 Å². The molecular weight excluding hydrogens is 282 g/mol. The number of nitrogens with zero attached hydrogens (tertiary/aromatic N) is 3. The number of nitrogens with one attached hydrogen (secondary N) is 1. The Bertz CT molecular complexity index is 917. The molecule has 0 radical (unpaired) electrons. The lowest BCUT2D eigenvalue weighted by atomic mass is 10.00. The van der Waals surface area contributed by atoms with Gasteiger partial charge in [0.1, 0.15) is 0 Å². The summed E-state index contributed by atoms with van der Waals surface area (Å²) in [5.41, 5.74) is 2.21. The molecule has 0 fully saturated rings. The number of aliphatic hydroxyl groups excluding tert-OH is 1. The van der Waals surface area contributed by atoms with Crippen LogP contribution in [0.5, 0.6) is 0 Å². The van der Waals surface area contributed by atoms with Crippen molar-refractivity contribution in [3.8, 4) is 11.3 Å². The Balaban J connectivity index is 2.28. The van der Waals surface area contributed by atoms with Crippen molar-refractivity contribution in [1.29, 1.82) is 0 Å². The topological polar surface area (TPSA) is 117 Å². The fourth-order valence-corrected chi connectivity index (χ4v) is 2.39. The highest BCUT2D eigenvalue weighted by Crippen LogP contribution is 2.30. The first-order valence-corrected chi connectivity index (χ1v) is 6.57. The number of H-pyrrole nitrogens is 1. The van der Waals surface area contributed by atoms with Gasteiger partial charge in [0.2, 0.25) is 0 Å². The van der Waals surface area contributed by atoms with Crippen LogP contribution >= 0.6 is 0 Å². The third kappa shape index (κ3) is 2.33. The van der Waals surface area contributed by atoms with Crippen LogP contribution in [-0.2, 0) is 6.61 Å². The molecule has 0 aliphatic heterocycles. The van der Waals surface area contributed by atoms with Gasteiger partial charge in [-0.25, -0.2) is 5.10 Å². The Morgan fingerprint density at radius 2 is 1.95 bits per heavy atom. The van der Waals surface area contributed by atoms with Gasteiger partial charge >= 0.3 is 0 Å². The van der Waals surface area contributed by atoms with E-state index >= 15 is 0 Å². The molecule has 0 spiro atoms. The lowest BCUT2D eigenvalue weighted by Crippen LogP contribution is -2.09. The van der Waals surface area contributed by atoms with Crippen LogP contribution in [0.25, 0.3) is 22.0 Å².